The Morgan fingerprint density at radius 1 is 0.625 bits per heavy atom. The first-order valence-electron chi connectivity index (χ1n) is 10.4. The highest BCUT2D eigenvalue weighted by atomic mass is 16.5. The van der Waals surface area contributed by atoms with Crippen molar-refractivity contribution in [1.29, 1.82) is 0 Å². The molecule has 4 nitrogen and oxygen atoms in total. The molecule has 1 heterocycles. The van der Waals surface area contributed by atoms with E-state index in [9.17, 15) is 15.3 Å². The van der Waals surface area contributed by atoms with Crippen LogP contribution in [0.4, 0.5) is 0 Å². The van der Waals surface area contributed by atoms with E-state index in [1.54, 1.807) is 30.3 Å². The quantitative estimate of drug-likeness (QED) is 0.341. The smallest absolute Gasteiger partial charge is 0.135 e. The molecule has 4 heteroatoms. The van der Waals surface area contributed by atoms with Crippen LogP contribution < -0.4 is 4.74 Å². The molecule has 0 radical (unpaired) electrons. The van der Waals surface area contributed by atoms with Gasteiger partial charge in [0.1, 0.15) is 29.1 Å². The lowest BCUT2D eigenvalue weighted by atomic mass is 9.84. The summed E-state index contributed by atoms with van der Waals surface area (Å²) in [5.41, 5.74) is 4.48. The van der Waals surface area contributed by atoms with Gasteiger partial charge in [-0.05, 0) is 58.7 Å². The fourth-order valence-electron chi connectivity index (χ4n) is 4.20. The minimum Gasteiger partial charge on any atom is -0.508 e. The number of fused-ring (bicyclic) bond motifs is 1. The molecule has 0 spiro atoms. The minimum atomic E-state index is -0.324. The third-order valence-electron chi connectivity index (χ3n) is 5.75. The third-order valence-corrected chi connectivity index (χ3v) is 5.75. The van der Waals surface area contributed by atoms with Crippen LogP contribution in [0, 0.1) is 0 Å². The second-order valence-electron chi connectivity index (χ2n) is 7.90. The predicted octanol–water partition coefficient (Wildman–Crippen LogP) is 6.24. The number of phenols is 3. The van der Waals surface area contributed by atoms with Gasteiger partial charge in [0.15, 0.2) is 0 Å². The summed E-state index contributed by atoms with van der Waals surface area (Å²) in [6.07, 6.45) is 3.50. The van der Waals surface area contributed by atoms with Crippen molar-refractivity contribution >= 4 is 12.2 Å². The van der Waals surface area contributed by atoms with Gasteiger partial charge < -0.3 is 20.1 Å². The highest BCUT2D eigenvalue weighted by Gasteiger charge is 2.39. The van der Waals surface area contributed by atoms with Gasteiger partial charge in [-0.3, -0.25) is 0 Å². The van der Waals surface area contributed by atoms with E-state index >= 15 is 0 Å². The number of hydrogen-bond acceptors (Lipinski definition) is 4. The topological polar surface area (TPSA) is 69.9 Å². The molecule has 0 amide bonds. The molecule has 1 aliphatic heterocycles. The molecule has 2 atom stereocenters. The lowest BCUT2D eigenvalue weighted by Crippen LogP contribution is -2.11. The first kappa shape index (κ1) is 19.8. The number of aromatic hydroxyl groups is 3. The molecule has 0 fully saturated rings. The molecule has 32 heavy (non-hydrogen) atoms. The van der Waals surface area contributed by atoms with E-state index < -0.39 is 0 Å². The maximum atomic E-state index is 11.0. The van der Waals surface area contributed by atoms with Gasteiger partial charge in [0.2, 0.25) is 0 Å². The van der Waals surface area contributed by atoms with Crippen LogP contribution in [0.15, 0.2) is 91.0 Å². The number of ether oxygens (including phenoxy) is 1. The Morgan fingerprint density at radius 2 is 1.25 bits per heavy atom. The number of benzene rings is 4. The first-order valence-corrected chi connectivity index (χ1v) is 10.4. The maximum Gasteiger partial charge on any atom is 0.135 e. The molecule has 5 rings (SSSR count). The van der Waals surface area contributed by atoms with Gasteiger partial charge in [-0.15, -0.1) is 0 Å². The zero-order valence-electron chi connectivity index (χ0n) is 17.2. The third kappa shape index (κ3) is 3.79. The maximum absolute atomic E-state index is 11.0. The van der Waals surface area contributed by atoms with E-state index in [2.05, 4.69) is 0 Å². The van der Waals surface area contributed by atoms with Gasteiger partial charge in [0.05, 0.1) is 5.92 Å². The summed E-state index contributed by atoms with van der Waals surface area (Å²) in [6.45, 7) is 0. The summed E-state index contributed by atoms with van der Waals surface area (Å²) in [7, 11) is 0. The van der Waals surface area contributed by atoms with Crippen molar-refractivity contribution < 1.29 is 20.1 Å². The van der Waals surface area contributed by atoms with Crippen molar-refractivity contribution in [2.45, 2.75) is 12.0 Å². The molecular formula is C28H22O4. The zero-order chi connectivity index (χ0) is 22.1. The Labute approximate surface area is 186 Å². The van der Waals surface area contributed by atoms with Crippen molar-refractivity contribution in [3.8, 4) is 23.0 Å². The standard InChI is InChI=1S/C28H22O4/c29-22-12-8-18(9-13-22)6-7-19-16-24(31)27-25(17-19)32-28(21-10-14-23(30)15-11-21)26(27)20-4-2-1-3-5-20/h1-17,26,28-31H/t26-,28+/m0/s1. The molecule has 1 aliphatic rings. The van der Waals surface area contributed by atoms with Crippen molar-refractivity contribution in [2.24, 2.45) is 0 Å². The molecule has 0 aromatic heterocycles. The molecule has 4 aromatic rings. The summed E-state index contributed by atoms with van der Waals surface area (Å²) in [4.78, 5) is 0. The van der Waals surface area contributed by atoms with Crippen LogP contribution in [0.1, 0.15) is 39.8 Å². The highest BCUT2D eigenvalue weighted by molar-refractivity contribution is 5.73. The van der Waals surface area contributed by atoms with Crippen LogP contribution >= 0.6 is 0 Å². The fraction of sp³-hybridized carbons (Fsp3) is 0.0714. The minimum absolute atomic E-state index is 0.175. The van der Waals surface area contributed by atoms with Crippen molar-refractivity contribution in [1.82, 2.24) is 0 Å². The van der Waals surface area contributed by atoms with E-state index in [1.807, 2.05) is 72.8 Å². The Hall–Kier alpha value is -4.18. The Bertz CT molecular complexity index is 1260. The molecular weight excluding hydrogens is 400 g/mol. The van der Waals surface area contributed by atoms with Crippen LogP contribution in [0.25, 0.3) is 12.2 Å². The van der Waals surface area contributed by atoms with Gasteiger partial charge in [0, 0.05) is 5.56 Å². The van der Waals surface area contributed by atoms with Crippen LogP contribution in [-0.2, 0) is 0 Å². The molecule has 0 aliphatic carbocycles. The van der Waals surface area contributed by atoms with Crippen molar-refractivity contribution in [3.05, 3.63) is 119 Å². The lowest BCUT2D eigenvalue weighted by molar-refractivity contribution is 0.222. The SMILES string of the molecule is Oc1ccc(C=Cc2cc(O)c3c(c2)O[C@H](c2ccc(O)cc2)[C@H]3c2ccccc2)cc1. The van der Waals surface area contributed by atoms with Crippen LogP contribution in [-0.4, -0.2) is 15.3 Å². The van der Waals surface area contributed by atoms with Crippen LogP contribution in [0.5, 0.6) is 23.0 Å². The van der Waals surface area contributed by atoms with Gasteiger partial charge in [-0.25, -0.2) is 0 Å². The van der Waals surface area contributed by atoms with E-state index in [4.69, 9.17) is 4.74 Å². The largest absolute Gasteiger partial charge is 0.508 e. The second-order valence-corrected chi connectivity index (χ2v) is 7.90. The number of hydrogen-bond donors (Lipinski definition) is 3. The fourth-order valence-corrected chi connectivity index (χ4v) is 4.20. The van der Waals surface area contributed by atoms with Gasteiger partial charge >= 0.3 is 0 Å². The van der Waals surface area contributed by atoms with E-state index in [-0.39, 0.29) is 29.3 Å². The van der Waals surface area contributed by atoms with Gasteiger partial charge in [0.25, 0.3) is 0 Å². The molecule has 158 valence electrons. The average molecular weight is 422 g/mol. The first-order chi connectivity index (χ1) is 15.6. The average Bonchev–Trinajstić information content (AvgIpc) is 3.20. The van der Waals surface area contributed by atoms with Crippen molar-refractivity contribution in [2.75, 3.05) is 0 Å². The van der Waals surface area contributed by atoms with E-state index in [0.29, 0.717) is 5.75 Å². The summed E-state index contributed by atoms with van der Waals surface area (Å²) < 4.78 is 6.38. The van der Waals surface area contributed by atoms with Crippen molar-refractivity contribution in [3.63, 3.8) is 0 Å². The molecule has 0 unspecified atom stereocenters. The summed E-state index contributed by atoms with van der Waals surface area (Å²) >= 11 is 0. The highest BCUT2D eigenvalue weighted by Crippen LogP contribution is 2.53. The molecule has 0 bridgehead atoms. The van der Waals surface area contributed by atoms with E-state index in [1.165, 1.54) is 0 Å². The molecule has 3 N–H and O–H groups in total. The number of rotatable bonds is 4. The van der Waals surface area contributed by atoms with Gasteiger partial charge in [-0.2, -0.15) is 0 Å². The Balaban J connectivity index is 1.55. The summed E-state index contributed by atoms with van der Waals surface area (Å²) in [6, 6.07) is 27.6. The lowest BCUT2D eigenvalue weighted by Gasteiger charge is -2.20. The van der Waals surface area contributed by atoms with Gasteiger partial charge in [-0.1, -0.05) is 66.7 Å². The second kappa shape index (κ2) is 8.16. The summed E-state index contributed by atoms with van der Waals surface area (Å²) in [5.74, 6) is 1.07. The molecule has 0 saturated carbocycles. The van der Waals surface area contributed by atoms with Crippen LogP contribution in [0.2, 0.25) is 0 Å². The molecule has 0 saturated heterocycles. The van der Waals surface area contributed by atoms with Crippen LogP contribution in [0.3, 0.4) is 0 Å². The monoisotopic (exact) mass is 422 g/mol. The normalized spacial score (nSPS) is 17.2. The molecule has 4 aromatic carbocycles. The predicted molar refractivity (Wildman–Crippen MR) is 125 cm³/mol. The summed E-state index contributed by atoms with van der Waals surface area (Å²) in [5, 5.41) is 30.2. The van der Waals surface area contributed by atoms with E-state index in [0.717, 1.165) is 27.8 Å². The Morgan fingerprint density at radius 3 is 1.94 bits per heavy atom. The zero-order valence-corrected chi connectivity index (χ0v) is 17.2. The number of phenolic OH excluding ortho intramolecular Hbond substituents is 3. The Kier molecular flexibility index (Phi) is 5.04.